The van der Waals surface area contributed by atoms with Gasteiger partial charge in [0.15, 0.2) is 0 Å². The van der Waals surface area contributed by atoms with Crippen LogP contribution < -0.4 is 0 Å². The lowest BCUT2D eigenvalue weighted by molar-refractivity contribution is 0.0679. The quantitative estimate of drug-likeness (QED) is 0.657. The van der Waals surface area contributed by atoms with Crippen molar-refractivity contribution < 1.29 is 5.11 Å². The number of unbranched alkanes of at least 4 members (excludes halogenated alkanes) is 1. The minimum absolute atomic E-state index is 0.341. The molecule has 0 heterocycles. The zero-order valence-corrected chi connectivity index (χ0v) is 10.6. The SMILES string of the molecule is CC(C)CC1CCC1N(C)CCCCO. The third-order valence-corrected chi connectivity index (χ3v) is 3.64. The highest BCUT2D eigenvalue weighted by molar-refractivity contribution is 4.87. The summed E-state index contributed by atoms with van der Waals surface area (Å²) in [6, 6.07) is 0.825. The van der Waals surface area contributed by atoms with Gasteiger partial charge in [0.2, 0.25) is 0 Å². The summed E-state index contributed by atoms with van der Waals surface area (Å²) in [6.45, 7) is 6.13. The molecule has 1 fully saturated rings. The molecule has 90 valence electrons. The first kappa shape index (κ1) is 13.0. The van der Waals surface area contributed by atoms with Crippen LogP contribution in [0.2, 0.25) is 0 Å². The second kappa shape index (κ2) is 6.49. The number of aliphatic hydroxyl groups is 1. The monoisotopic (exact) mass is 213 g/mol. The van der Waals surface area contributed by atoms with Gasteiger partial charge in [-0.3, -0.25) is 0 Å². The number of hydrogen-bond acceptors (Lipinski definition) is 2. The van der Waals surface area contributed by atoms with Gasteiger partial charge in [-0.1, -0.05) is 13.8 Å². The maximum atomic E-state index is 8.74. The van der Waals surface area contributed by atoms with E-state index in [1.54, 1.807) is 0 Å². The highest BCUT2D eigenvalue weighted by Gasteiger charge is 2.33. The van der Waals surface area contributed by atoms with Crippen molar-refractivity contribution in [2.45, 2.75) is 52.0 Å². The highest BCUT2D eigenvalue weighted by atomic mass is 16.2. The van der Waals surface area contributed by atoms with E-state index < -0.39 is 0 Å². The zero-order valence-electron chi connectivity index (χ0n) is 10.6. The van der Waals surface area contributed by atoms with Gasteiger partial charge in [-0.25, -0.2) is 0 Å². The molecule has 0 radical (unpaired) electrons. The van der Waals surface area contributed by atoms with Gasteiger partial charge in [-0.15, -0.1) is 0 Å². The summed E-state index contributed by atoms with van der Waals surface area (Å²) in [7, 11) is 2.24. The van der Waals surface area contributed by atoms with Crippen LogP contribution in [0.3, 0.4) is 0 Å². The molecule has 0 aromatic rings. The number of nitrogens with zero attached hydrogens (tertiary/aromatic N) is 1. The molecule has 1 rings (SSSR count). The lowest BCUT2D eigenvalue weighted by atomic mass is 9.74. The molecule has 1 N–H and O–H groups in total. The van der Waals surface area contributed by atoms with Crippen LogP contribution in [0.1, 0.15) is 46.0 Å². The first-order valence-electron chi connectivity index (χ1n) is 6.46. The van der Waals surface area contributed by atoms with Gasteiger partial charge in [0, 0.05) is 12.6 Å². The third kappa shape index (κ3) is 4.12. The van der Waals surface area contributed by atoms with Gasteiger partial charge >= 0.3 is 0 Å². The Labute approximate surface area is 94.7 Å². The molecule has 1 aliphatic rings. The molecule has 1 saturated carbocycles. The zero-order chi connectivity index (χ0) is 11.3. The van der Waals surface area contributed by atoms with Crippen LogP contribution in [0.15, 0.2) is 0 Å². The summed E-state index contributed by atoms with van der Waals surface area (Å²) in [5.41, 5.74) is 0. The number of hydrogen-bond donors (Lipinski definition) is 1. The second-order valence-electron chi connectivity index (χ2n) is 5.45. The van der Waals surface area contributed by atoms with Gasteiger partial charge in [-0.2, -0.15) is 0 Å². The van der Waals surface area contributed by atoms with Crippen LogP contribution >= 0.6 is 0 Å². The van der Waals surface area contributed by atoms with Crippen molar-refractivity contribution in [2.75, 3.05) is 20.2 Å². The smallest absolute Gasteiger partial charge is 0.0431 e. The van der Waals surface area contributed by atoms with Crippen LogP contribution in [-0.2, 0) is 0 Å². The van der Waals surface area contributed by atoms with E-state index in [9.17, 15) is 0 Å². The van der Waals surface area contributed by atoms with Crippen LogP contribution in [0.25, 0.3) is 0 Å². The van der Waals surface area contributed by atoms with Gasteiger partial charge in [0.25, 0.3) is 0 Å². The molecule has 0 spiro atoms. The molecule has 2 unspecified atom stereocenters. The summed E-state index contributed by atoms with van der Waals surface area (Å²) in [4.78, 5) is 2.51. The molecule has 1 aliphatic carbocycles. The number of aliphatic hydroxyl groups excluding tert-OH is 1. The fourth-order valence-electron chi connectivity index (χ4n) is 2.65. The normalized spacial score (nSPS) is 26.0. The van der Waals surface area contributed by atoms with Crippen molar-refractivity contribution in [3.63, 3.8) is 0 Å². The molecule has 2 heteroatoms. The summed E-state index contributed by atoms with van der Waals surface area (Å²) < 4.78 is 0. The average molecular weight is 213 g/mol. The molecule has 0 aliphatic heterocycles. The first-order valence-corrected chi connectivity index (χ1v) is 6.46. The lowest BCUT2D eigenvalue weighted by Crippen LogP contribution is -2.45. The first-order chi connectivity index (χ1) is 7.15. The van der Waals surface area contributed by atoms with Crippen molar-refractivity contribution in [3.05, 3.63) is 0 Å². The van der Waals surface area contributed by atoms with E-state index in [1.165, 1.54) is 19.3 Å². The predicted molar refractivity (Wildman–Crippen MR) is 64.9 cm³/mol. The Balaban J connectivity index is 2.18. The van der Waals surface area contributed by atoms with Crippen LogP contribution in [0, 0.1) is 11.8 Å². The van der Waals surface area contributed by atoms with Crippen molar-refractivity contribution in [2.24, 2.45) is 11.8 Å². The van der Waals surface area contributed by atoms with Crippen LogP contribution in [0.4, 0.5) is 0 Å². The minimum atomic E-state index is 0.341. The number of rotatable bonds is 7. The molecule has 2 nitrogen and oxygen atoms in total. The Morgan fingerprint density at radius 3 is 2.47 bits per heavy atom. The Morgan fingerprint density at radius 1 is 1.27 bits per heavy atom. The topological polar surface area (TPSA) is 23.5 Å². The van der Waals surface area contributed by atoms with Crippen molar-refractivity contribution >= 4 is 0 Å². The third-order valence-electron chi connectivity index (χ3n) is 3.64. The minimum Gasteiger partial charge on any atom is -0.396 e. The van der Waals surface area contributed by atoms with E-state index in [-0.39, 0.29) is 0 Å². The molecule has 0 saturated heterocycles. The summed E-state index contributed by atoms with van der Waals surface area (Å²) in [5, 5.41) is 8.74. The Kier molecular flexibility index (Phi) is 5.62. The van der Waals surface area contributed by atoms with Crippen molar-refractivity contribution in [1.82, 2.24) is 4.90 Å². The van der Waals surface area contributed by atoms with E-state index in [1.807, 2.05) is 0 Å². The maximum absolute atomic E-state index is 8.74. The highest BCUT2D eigenvalue weighted by Crippen LogP contribution is 2.36. The molecule has 0 bridgehead atoms. The lowest BCUT2D eigenvalue weighted by Gasteiger charge is -2.43. The van der Waals surface area contributed by atoms with Crippen LogP contribution in [0.5, 0.6) is 0 Å². The van der Waals surface area contributed by atoms with Crippen molar-refractivity contribution in [1.29, 1.82) is 0 Å². The Hall–Kier alpha value is -0.0800. The van der Waals surface area contributed by atoms with Gasteiger partial charge < -0.3 is 10.0 Å². The maximum Gasteiger partial charge on any atom is 0.0431 e. The Morgan fingerprint density at radius 2 is 2.00 bits per heavy atom. The average Bonchev–Trinajstić information content (AvgIpc) is 2.13. The van der Waals surface area contributed by atoms with E-state index >= 15 is 0 Å². The molecule has 2 atom stereocenters. The van der Waals surface area contributed by atoms with Crippen molar-refractivity contribution in [3.8, 4) is 0 Å². The van der Waals surface area contributed by atoms with E-state index in [0.29, 0.717) is 6.61 Å². The fraction of sp³-hybridized carbons (Fsp3) is 1.00. The summed E-state index contributed by atoms with van der Waals surface area (Å²) in [5.74, 6) is 1.77. The molecule has 0 aromatic carbocycles. The molecule has 0 aromatic heterocycles. The molecular weight excluding hydrogens is 186 g/mol. The van der Waals surface area contributed by atoms with E-state index in [2.05, 4.69) is 25.8 Å². The molecule has 15 heavy (non-hydrogen) atoms. The summed E-state index contributed by atoms with van der Waals surface area (Å²) in [6.07, 6.45) is 6.28. The van der Waals surface area contributed by atoms with Gasteiger partial charge in [-0.05, 0) is 57.5 Å². The molecular formula is C13H27NO. The standard InChI is InChI=1S/C13H27NO/c1-11(2)10-12-6-7-13(12)14(3)8-4-5-9-15/h11-13,15H,4-10H2,1-3H3. The van der Waals surface area contributed by atoms with Gasteiger partial charge in [0.05, 0.1) is 0 Å². The van der Waals surface area contributed by atoms with E-state index in [4.69, 9.17) is 5.11 Å². The van der Waals surface area contributed by atoms with E-state index in [0.717, 1.165) is 37.3 Å². The molecule has 0 amide bonds. The van der Waals surface area contributed by atoms with Gasteiger partial charge in [0.1, 0.15) is 0 Å². The predicted octanol–water partition coefficient (Wildman–Crippen LogP) is 2.52. The largest absolute Gasteiger partial charge is 0.396 e. The Bertz CT molecular complexity index is 170. The second-order valence-corrected chi connectivity index (χ2v) is 5.45. The summed E-state index contributed by atoms with van der Waals surface area (Å²) >= 11 is 0. The fourth-order valence-corrected chi connectivity index (χ4v) is 2.65. The van der Waals surface area contributed by atoms with Crippen LogP contribution in [-0.4, -0.2) is 36.2 Å².